The molecule has 0 bridgehead atoms. The minimum atomic E-state index is 0.0241. The van der Waals surface area contributed by atoms with Crippen LogP contribution in [0.4, 0.5) is 0 Å². The van der Waals surface area contributed by atoms with Crippen LogP contribution in [0, 0.1) is 0 Å². The van der Waals surface area contributed by atoms with Crippen molar-refractivity contribution in [1.82, 2.24) is 15.5 Å². The van der Waals surface area contributed by atoms with Crippen molar-refractivity contribution in [2.45, 2.75) is 52.9 Å². The molecule has 4 nitrogen and oxygen atoms in total. The van der Waals surface area contributed by atoms with Crippen molar-refractivity contribution in [3.63, 3.8) is 0 Å². The molecule has 0 saturated carbocycles. The molecule has 4 heteroatoms. The van der Waals surface area contributed by atoms with Gasteiger partial charge in [0.15, 0.2) is 0 Å². The Morgan fingerprint density at radius 3 is 2.43 bits per heavy atom. The Bertz CT molecular complexity index is 263. The first-order valence-corrected chi connectivity index (χ1v) is 8.62. The molecule has 124 valence electrons. The lowest BCUT2D eigenvalue weighted by molar-refractivity contribution is -0.116. The molecule has 0 heterocycles. The van der Waals surface area contributed by atoms with E-state index < -0.39 is 0 Å². The zero-order valence-electron chi connectivity index (χ0n) is 14.3. The van der Waals surface area contributed by atoms with Crippen LogP contribution in [0.15, 0.2) is 12.2 Å². The number of nitrogens with zero attached hydrogens (tertiary/aromatic N) is 1. The largest absolute Gasteiger partial charge is 0.351 e. The average molecular weight is 297 g/mol. The van der Waals surface area contributed by atoms with Gasteiger partial charge in [-0.3, -0.25) is 4.79 Å². The van der Waals surface area contributed by atoms with Crippen molar-refractivity contribution in [1.29, 1.82) is 0 Å². The lowest BCUT2D eigenvalue weighted by atomic mass is 10.1. The standard InChI is InChI=1S/C17H35N3O/c1-4-7-8-9-10-11-12-17(21)19-14-13-18-15-16-20(5-2)6-3/h11-12,18H,4-10,13-16H2,1-3H3,(H,19,21)/b12-11+. The molecule has 0 aromatic rings. The van der Waals surface area contributed by atoms with Gasteiger partial charge in [-0.2, -0.15) is 0 Å². The van der Waals surface area contributed by atoms with Gasteiger partial charge >= 0.3 is 0 Å². The number of rotatable bonds is 14. The number of carbonyl (C=O) groups excluding carboxylic acids is 1. The van der Waals surface area contributed by atoms with Gasteiger partial charge in [-0.05, 0) is 32.0 Å². The minimum Gasteiger partial charge on any atom is -0.351 e. The molecule has 0 atom stereocenters. The van der Waals surface area contributed by atoms with Gasteiger partial charge in [0, 0.05) is 26.2 Å². The van der Waals surface area contributed by atoms with Crippen LogP contribution in [0.2, 0.25) is 0 Å². The van der Waals surface area contributed by atoms with Crippen molar-refractivity contribution in [3.05, 3.63) is 12.2 Å². The third-order valence-electron chi connectivity index (χ3n) is 3.59. The van der Waals surface area contributed by atoms with Crippen molar-refractivity contribution in [2.75, 3.05) is 39.3 Å². The molecule has 0 fully saturated rings. The fourth-order valence-corrected chi connectivity index (χ4v) is 2.11. The summed E-state index contributed by atoms with van der Waals surface area (Å²) >= 11 is 0. The quantitative estimate of drug-likeness (QED) is 0.382. The minimum absolute atomic E-state index is 0.0241. The van der Waals surface area contributed by atoms with Gasteiger partial charge < -0.3 is 15.5 Å². The van der Waals surface area contributed by atoms with Gasteiger partial charge in [0.1, 0.15) is 0 Å². The van der Waals surface area contributed by atoms with Crippen LogP contribution in [-0.4, -0.2) is 50.1 Å². The molecule has 0 aliphatic rings. The summed E-state index contributed by atoms with van der Waals surface area (Å²) < 4.78 is 0. The number of hydrogen-bond acceptors (Lipinski definition) is 3. The molecule has 1 amide bonds. The third-order valence-corrected chi connectivity index (χ3v) is 3.59. The Balaban J connectivity index is 3.39. The lowest BCUT2D eigenvalue weighted by Gasteiger charge is -2.17. The van der Waals surface area contributed by atoms with Gasteiger partial charge in [0.2, 0.25) is 5.91 Å². The van der Waals surface area contributed by atoms with Crippen molar-refractivity contribution in [3.8, 4) is 0 Å². The number of nitrogens with one attached hydrogen (secondary N) is 2. The van der Waals surface area contributed by atoms with E-state index in [9.17, 15) is 4.79 Å². The maximum atomic E-state index is 11.5. The predicted octanol–water partition coefficient (Wildman–Crippen LogP) is 2.56. The molecule has 0 rings (SSSR count). The molecule has 0 saturated heterocycles. The molecule has 21 heavy (non-hydrogen) atoms. The fourth-order valence-electron chi connectivity index (χ4n) is 2.11. The Morgan fingerprint density at radius 2 is 1.76 bits per heavy atom. The van der Waals surface area contributed by atoms with Crippen molar-refractivity contribution >= 4 is 5.91 Å². The van der Waals surface area contributed by atoms with Crippen LogP contribution < -0.4 is 10.6 Å². The maximum absolute atomic E-state index is 11.5. The van der Waals surface area contributed by atoms with E-state index in [4.69, 9.17) is 0 Å². The highest BCUT2D eigenvalue weighted by atomic mass is 16.1. The monoisotopic (exact) mass is 297 g/mol. The molecule has 0 aliphatic carbocycles. The topological polar surface area (TPSA) is 44.4 Å². The SMILES string of the molecule is CCCCCC/C=C/C(=O)NCCNCCN(CC)CC. The van der Waals surface area contributed by atoms with Gasteiger partial charge in [-0.15, -0.1) is 0 Å². The van der Waals surface area contributed by atoms with Gasteiger partial charge in [-0.25, -0.2) is 0 Å². The highest BCUT2D eigenvalue weighted by molar-refractivity contribution is 5.87. The van der Waals surface area contributed by atoms with Crippen LogP contribution in [0.5, 0.6) is 0 Å². The zero-order valence-corrected chi connectivity index (χ0v) is 14.3. The second-order valence-corrected chi connectivity index (χ2v) is 5.32. The van der Waals surface area contributed by atoms with Gasteiger partial charge in [-0.1, -0.05) is 46.1 Å². The summed E-state index contributed by atoms with van der Waals surface area (Å²) in [4.78, 5) is 13.9. The Hall–Kier alpha value is -0.870. The van der Waals surface area contributed by atoms with E-state index in [0.717, 1.165) is 39.1 Å². The van der Waals surface area contributed by atoms with Crippen LogP contribution in [-0.2, 0) is 4.79 Å². The molecular weight excluding hydrogens is 262 g/mol. The van der Waals surface area contributed by atoms with Gasteiger partial charge in [0.25, 0.3) is 0 Å². The molecule has 2 N–H and O–H groups in total. The molecule has 0 unspecified atom stereocenters. The molecule has 0 radical (unpaired) electrons. The van der Waals surface area contributed by atoms with Crippen molar-refractivity contribution in [2.24, 2.45) is 0 Å². The van der Waals surface area contributed by atoms with E-state index in [1.165, 1.54) is 25.7 Å². The third kappa shape index (κ3) is 13.9. The van der Waals surface area contributed by atoms with E-state index >= 15 is 0 Å². The van der Waals surface area contributed by atoms with Crippen LogP contribution >= 0.6 is 0 Å². The Labute approximate surface area is 131 Å². The van der Waals surface area contributed by atoms with Crippen molar-refractivity contribution < 1.29 is 4.79 Å². The fraction of sp³-hybridized carbons (Fsp3) is 0.824. The second-order valence-electron chi connectivity index (χ2n) is 5.32. The average Bonchev–Trinajstić information content (AvgIpc) is 2.50. The van der Waals surface area contributed by atoms with E-state index in [1.54, 1.807) is 6.08 Å². The van der Waals surface area contributed by atoms with Crippen LogP contribution in [0.1, 0.15) is 52.9 Å². The Kier molecular flexibility index (Phi) is 14.9. The lowest BCUT2D eigenvalue weighted by Crippen LogP contribution is -2.36. The highest BCUT2D eigenvalue weighted by Crippen LogP contribution is 2.02. The van der Waals surface area contributed by atoms with Crippen LogP contribution in [0.3, 0.4) is 0 Å². The number of carbonyl (C=O) groups is 1. The van der Waals surface area contributed by atoms with E-state index in [2.05, 4.69) is 36.3 Å². The number of amides is 1. The molecule has 0 aliphatic heterocycles. The summed E-state index contributed by atoms with van der Waals surface area (Å²) in [5.41, 5.74) is 0. The summed E-state index contributed by atoms with van der Waals surface area (Å²) in [6.07, 6.45) is 9.66. The maximum Gasteiger partial charge on any atom is 0.243 e. The number of likely N-dealkylation sites (N-methyl/N-ethyl adjacent to an activating group) is 1. The highest BCUT2D eigenvalue weighted by Gasteiger charge is 1.98. The zero-order chi connectivity index (χ0) is 15.8. The normalized spacial score (nSPS) is 11.4. The summed E-state index contributed by atoms with van der Waals surface area (Å²) in [7, 11) is 0. The molecular formula is C17H35N3O. The second kappa shape index (κ2) is 15.5. The number of unbranched alkanes of at least 4 members (excludes halogenated alkanes) is 4. The first kappa shape index (κ1) is 20.1. The number of hydrogen-bond donors (Lipinski definition) is 2. The van der Waals surface area contributed by atoms with E-state index in [-0.39, 0.29) is 5.91 Å². The molecule has 0 spiro atoms. The van der Waals surface area contributed by atoms with E-state index in [1.807, 2.05) is 6.08 Å². The van der Waals surface area contributed by atoms with Gasteiger partial charge in [0.05, 0.1) is 0 Å². The summed E-state index contributed by atoms with van der Waals surface area (Å²) in [5.74, 6) is 0.0241. The molecule has 0 aromatic heterocycles. The summed E-state index contributed by atoms with van der Waals surface area (Å²) in [6.45, 7) is 12.3. The Morgan fingerprint density at radius 1 is 1.00 bits per heavy atom. The summed E-state index contributed by atoms with van der Waals surface area (Å²) in [5, 5.41) is 6.25. The number of allylic oxidation sites excluding steroid dienone is 1. The van der Waals surface area contributed by atoms with Crippen LogP contribution in [0.25, 0.3) is 0 Å². The molecule has 0 aromatic carbocycles. The first-order chi connectivity index (χ1) is 10.2. The summed E-state index contributed by atoms with van der Waals surface area (Å²) in [6, 6.07) is 0. The predicted molar refractivity (Wildman–Crippen MR) is 91.6 cm³/mol. The van der Waals surface area contributed by atoms with E-state index in [0.29, 0.717) is 6.54 Å². The first-order valence-electron chi connectivity index (χ1n) is 8.62. The smallest absolute Gasteiger partial charge is 0.243 e.